The van der Waals surface area contributed by atoms with Gasteiger partial charge in [-0.3, -0.25) is 9.59 Å². The topological polar surface area (TPSA) is 86.3 Å². The third-order valence-corrected chi connectivity index (χ3v) is 4.05. The molecule has 2 rings (SSSR count). The molecule has 2 N–H and O–H groups in total. The first-order valence-corrected chi connectivity index (χ1v) is 8.55. The molecule has 0 spiro atoms. The van der Waals surface area contributed by atoms with Crippen molar-refractivity contribution in [3.63, 3.8) is 0 Å². The Bertz CT molecular complexity index is 673. The fourth-order valence-corrected chi connectivity index (χ4v) is 2.42. The summed E-state index contributed by atoms with van der Waals surface area (Å²) in [4.78, 5) is 31.0. The molecule has 1 aliphatic heterocycles. The first kappa shape index (κ1) is 19.6. The molecule has 1 heterocycles. The van der Waals surface area contributed by atoms with Gasteiger partial charge >= 0.3 is 0 Å². The van der Waals surface area contributed by atoms with Crippen LogP contribution in [0.15, 0.2) is 29.3 Å². The first-order valence-electron chi connectivity index (χ1n) is 8.55. The van der Waals surface area contributed by atoms with Crippen LogP contribution in [0.25, 0.3) is 0 Å². The molecule has 142 valence electrons. The smallest absolute Gasteiger partial charge is 0.243 e. The summed E-state index contributed by atoms with van der Waals surface area (Å²) in [5.74, 6) is 1.07. The van der Waals surface area contributed by atoms with Crippen molar-refractivity contribution >= 4 is 17.8 Å². The number of fused-ring (bicyclic) bond motifs is 1. The van der Waals surface area contributed by atoms with E-state index in [1.807, 2.05) is 24.3 Å². The molecule has 0 saturated carbocycles. The van der Waals surface area contributed by atoms with E-state index in [1.54, 1.807) is 28.2 Å². The summed E-state index contributed by atoms with van der Waals surface area (Å²) < 4.78 is 5.67. The zero-order valence-electron chi connectivity index (χ0n) is 15.8. The fraction of sp³-hybridized carbons (Fsp3) is 0.500. The number of amides is 2. The van der Waals surface area contributed by atoms with Gasteiger partial charge in [0.05, 0.1) is 19.2 Å². The summed E-state index contributed by atoms with van der Waals surface area (Å²) in [5, 5.41) is 6.33. The third kappa shape index (κ3) is 5.37. The predicted octanol–water partition coefficient (Wildman–Crippen LogP) is 0.222. The van der Waals surface area contributed by atoms with Gasteiger partial charge in [-0.1, -0.05) is 18.2 Å². The molecule has 26 heavy (non-hydrogen) atoms. The Morgan fingerprint density at radius 1 is 1.15 bits per heavy atom. The lowest BCUT2D eigenvalue weighted by atomic mass is 10.0. The van der Waals surface area contributed by atoms with Crippen LogP contribution in [-0.2, 0) is 9.59 Å². The number of ether oxygens (including phenoxy) is 1. The van der Waals surface area contributed by atoms with Crippen molar-refractivity contribution in [1.82, 2.24) is 20.4 Å². The molecular weight excluding hydrogens is 334 g/mol. The molecule has 1 unspecified atom stereocenters. The Kier molecular flexibility index (Phi) is 6.82. The highest BCUT2D eigenvalue weighted by molar-refractivity contribution is 5.88. The number of nitrogens with one attached hydrogen (secondary N) is 2. The van der Waals surface area contributed by atoms with Crippen molar-refractivity contribution in [1.29, 1.82) is 0 Å². The summed E-state index contributed by atoms with van der Waals surface area (Å²) in [6, 6.07) is 7.81. The van der Waals surface area contributed by atoms with Crippen molar-refractivity contribution < 1.29 is 14.3 Å². The molecular formula is C18H27N5O3. The van der Waals surface area contributed by atoms with Gasteiger partial charge in [0.1, 0.15) is 12.3 Å². The average molecular weight is 361 g/mol. The molecule has 8 heteroatoms. The van der Waals surface area contributed by atoms with E-state index >= 15 is 0 Å². The zero-order valence-corrected chi connectivity index (χ0v) is 15.8. The normalized spacial score (nSPS) is 16.2. The van der Waals surface area contributed by atoms with E-state index in [4.69, 9.17) is 4.74 Å². The summed E-state index contributed by atoms with van der Waals surface area (Å²) in [5.41, 5.74) is 1.03. The van der Waals surface area contributed by atoms with Crippen molar-refractivity contribution in [3.8, 4) is 5.75 Å². The maximum Gasteiger partial charge on any atom is 0.243 e. The summed E-state index contributed by atoms with van der Waals surface area (Å²) in [7, 11) is 6.75. The molecule has 0 bridgehead atoms. The van der Waals surface area contributed by atoms with Crippen LogP contribution < -0.4 is 15.4 Å². The van der Waals surface area contributed by atoms with Gasteiger partial charge in [-0.15, -0.1) is 0 Å². The molecule has 0 radical (unpaired) electrons. The number of guanidine groups is 1. The van der Waals surface area contributed by atoms with E-state index in [9.17, 15) is 9.59 Å². The van der Waals surface area contributed by atoms with Gasteiger partial charge in [0.15, 0.2) is 5.96 Å². The Balaban J connectivity index is 2.12. The second-order valence-electron chi connectivity index (χ2n) is 6.47. The number of benzene rings is 1. The van der Waals surface area contributed by atoms with Crippen LogP contribution >= 0.6 is 0 Å². The number of carbonyl (C=O) groups excluding carboxylic acids is 2. The van der Waals surface area contributed by atoms with Crippen molar-refractivity contribution in [2.75, 3.05) is 47.9 Å². The van der Waals surface area contributed by atoms with Gasteiger partial charge in [0, 0.05) is 40.2 Å². The van der Waals surface area contributed by atoms with Gasteiger partial charge in [-0.05, 0) is 6.07 Å². The van der Waals surface area contributed by atoms with Crippen molar-refractivity contribution in [2.24, 2.45) is 4.99 Å². The minimum Gasteiger partial charge on any atom is -0.493 e. The number of rotatable bonds is 5. The number of para-hydroxylation sites is 1. The quantitative estimate of drug-likeness (QED) is 0.579. The maximum absolute atomic E-state index is 11.9. The van der Waals surface area contributed by atoms with Gasteiger partial charge < -0.3 is 25.2 Å². The van der Waals surface area contributed by atoms with Crippen LogP contribution in [0.5, 0.6) is 5.75 Å². The van der Waals surface area contributed by atoms with E-state index in [0.717, 1.165) is 17.7 Å². The van der Waals surface area contributed by atoms with Crippen LogP contribution in [-0.4, -0.2) is 75.5 Å². The van der Waals surface area contributed by atoms with E-state index < -0.39 is 0 Å². The highest BCUT2D eigenvalue weighted by Gasteiger charge is 2.22. The molecule has 1 aliphatic rings. The molecule has 0 aromatic heterocycles. The van der Waals surface area contributed by atoms with Crippen molar-refractivity contribution in [2.45, 2.75) is 12.5 Å². The van der Waals surface area contributed by atoms with Gasteiger partial charge in [-0.25, -0.2) is 4.99 Å². The standard InChI is InChI=1S/C18H27N5O3/c1-22(2)16(24)11-19-18(20-12-17(25)23(3)4)21-14-9-10-26-15-8-6-5-7-13(14)15/h5-8,14H,9-12H2,1-4H3,(H2,19,20,21). The van der Waals surface area contributed by atoms with Crippen molar-refractivity contribution in [3.05, 3.63) is 29.8 Å². The highest BCUT2D eigenvalue weighted by Crippen LogP contribution is 2.31. The summed E-state index contributed by atoms with van der Waals surface area (Å²) >= 11 is 0. The Hall–Kier alpha value is -2.77. The SMILES string of the molecule is CN(C)C(=O)CN=C(NCC(=O)N(C)C)NC1CCOc2ccccc21. The minimum atomic E-state index is -0.114. The van der Waals surface area contributed by atoms with Crippen LogP contribution in [0, 0.1) is 0 Å². The molecule has 1 atom stereocenters. The molecule has 8 nitrogen and oxygen atoms in total. The van der Waals surface area contributed by atoms with Crippen LogP contribution in [0.1, 0.15) is 18.0 Å². The fourth-order valence-electron chi connectivity index (χ4n) is 2.42. The highest BCUT2D eigenvalue weighted by atomic mass is 16.5. The number of hydrogen-bond acceptors (Lipinski definition) is 4. The zero-order chi connectivity index (χ0) is 19.1. The second kappa shape index (κ2) is 9.07. The molecule has 1 aromatic rings. The van der Waals surface area contributed by atoms with Gasteiger partial charge in [-0.2, -0.15) is 0 Å². The van der Waals surface area contributed by atoms with Crippen LogP contribution in [0.2, 0.25) is 0 Å². The Morgan fingerprint density at radius 2 is 1.85 bits per heavy atom. The molecule has 0 saturated heterocycles. The van der Waals surface area contributed by atoms with E-state index in [0.29, 0.717) is 12.6 Å². The van der Waals surface area contributed by atoms with Gasteiger partial charge in [0.25, 0.3) is 0 Å². The maximum atomic E-state index is 11.9. The van der Waals surface area contributed by atoms with E-state index in [-0.39, 0.29) is 30.9 Å². The number of nitrogens with zero attached hydrogens (tertiary/aromatic N) is 3. The van der Waals surface area contributed by atoms with Crippen LogP contribution in [0.3, 0.4) is 0 Å². The van der Waals surface area contributed by atoms with Crippen LogP contribution in [0.4, 0.5) is 0 Å². The second-order valence-corrected chi connectivity index (χ2v) is 6.47. The largest absolute Gasteiger partial charge is 0.493 e. The molecule has 0 fully saturated rings. The summed E-state index contributed by atoms with van der Waals surface area (Å²) in [6.45, 7) is 0.693. The van der Waals surface area contributed by atoms with E-state index in [2.05, 4.69) is 15.6 Å². The lowest BCUT2D eigenvalue weighted by molar-refractivity contribution is -0.127. The van der Waals surface area contributed by atoms with Gasteiger partial charge in [0.2, 0.25) is 11.8 Å². The molecule has 0 aliphatic carbocycles. The predicted molar refractivity (Wildman–Crippen MR) is 100 cm³/mol. The minimum absolute atomic E-state index is 0.00333. The molecule has 2 amide bonds. The lowest BCUT2D eigenvalue weighted by Crippen LogP contribution is -2.45. The summed E-state index contributed by atoms with van der Waals surface area (Å²) in [6.07, 6.45) is 0.765. The number of carbonyl (C=O) groups is 2. The number of aliphatic imine (C=N–C) groups is 1. The monoisotopic (exact) mass is 361 g/mol. The number of hydrogen-bond donors (Lipinski definition) is 2. The number of likely N-dealkylation sites (N-methyl/N-ethyl adjacent to an activating group) is 2. The lowest BCUT2D eigenvalue weighted by Gasteiger charge is -2.28. The molecule has 1 aromatic carbocycles. The van der Waals surface area contributed by atoms with E-state index in [1.165, 1.54) is 9.80 Å². The first-order chi connectivity index (χ1) is 12.4. The third-order valence-electron chi connectivity index (χ3n) is 4.05. The average Bonchev–Trinajstić information content (AvgIpc) is 2.63. The Morgan fingerprint density at radius 3 is 2.54 bits per heavy atom. The Labute approximate surface area is 154 Å².